The molecule has 9 heteroatoms. The van der Waals surface area contributed by atoms with E-state index in [1.54, 1.807) is 41.9 Å². The van der Waals surface area contributed by atoms with Crippen LogP contribution < -0.4 is 15.8 Å². The summed E-state index contributed by atoms with van der Waals surface area (Å²) in [6.45, 7) is -0.186. The predicted octanol–water partition coefficient (Wildman–Crippen LogP) is 2.91. The quantitative estimate of drug-likeness (QED) is 0.614. The Balaban J connectivity index is 1.60. The fourth-order valence-corrected chi connectivity index (χ4v) is 2.93. The summed E-state index contributed by atoms with van der Waals surface area (Å²) in [6.07, 6.45) is 1.63. The van der Waals surface area contributed by atoms with E-state index in [1.165, 1.54) is 11.3 Å². The number of primary amides is 1. The molecule has 2 amide bonds. The average molecular weight is 377 g/mol. The number of thiazole rings is 1. The van der Waals surface area contributed by atoms with Crippen molar-refractivity contribution < 1.29 is 14.3 Å². The van der Waals surface area contributed by atoms with Crippen LogP contribution in [0.3, 0.4) is 0 Å². The Morgan fingerprint density at radius 1 is 1.36 bits per heavy atom. The minimum Gasteiger partial charge on any atom is -0.482 e. The van der Waals surface area contributed by atoms with Gasteiger partial charge >= 0.3 is 0 Å². The van der Waals surface area contributed by atoms with Gasteiger partial charge in [0.2, 0.25) is 0 Å². The third kappa shape index (κ3) is 4.17. The molecule has 0 atom stereocenters. The summed E-state index contributed by atoms with van der Waals surface area (Å²) < 4.78 is 5.37. The highest BCUT2D eigenvalue weighted by Crippen LogP contribution is 2.26. The number of carbonyl (C=O) groups excluding carboxylic acids is 2. The molecule has 128 valence electrons. The van der Waals surface area contributed by atoms with Crippen molar-refractivity contribution in [2.45, 2.75) is 0 Å². The summed E-state index contributed by atoms with van der Waals surface area (Å²) in [5.41, 5.74) is 6.82. The van der Waals surface area contributed by atoms with Gasteiger partial charge in [-0.3, -0.25) is 14.9 Å². The lowest BCUT2D eigenvalue weighted by Gasteiger charge is -2.06. The number of carbonyl (C=O) groups is 2. The number of hydrogen-bond acceptors (Lipinski definition) is 5. The number of rotatable bonds is 6. The lowest BCUT2D eigenvalue weighted by molar-refractivity contribution is -0.118. The maximum Gasteiger partial charge on any atom is 0.265 e. The number of H-pyrrole nitrogens is 1. The number of hydrogen-bond donors (Lipinski definition) is 3. The van der Waals surface area contributed by atoms with Crippen LogP contribution in [-0.2, 0) is 4.79 Å². The monoisotopic (exact) mass is 376 g/mol. The van der Waals surface area contributed by atoms with Gasteiger partial charge in [-0.25, -0.2) is 4.98 Å². The zero-order valence-corrected chi connectivity index (χ0v) is 14.4. The fourth-order valence-electron chi connectivity index (χ4n) is 2.01. The minimum atomic E-state index is -0.549. The first-order chi connectivity index (χ1) is 12.0. The van der Waals surface area contributed by atoms with Crippen LogP contribution in [0, 0.1) is 0 Å². The molecule has 0 aliphatic carbocycles. The Hall–Kier alpha value is -2.84. The molecular formula is C16H13ClN4O3S. The van der Waals surface area contributed by atoms with Crippen LogP contribution >= 0.6 is 22.9 Å². The van der Waals surface area contributed by atoms with Crippen molar-refractivity contribution in [2.24, 2.45) is 5.73 Å². The lowest BCUT2D eigenvalue weighted by atomic mass is 10.2. The van der Waals surface area contributed by atoms with Gasteiger partial charge in [0, 0.05) is 17.1 Å². The van der Waals surface area contributed by atoms with Crippen LogP contribution in [0.2, 0.25) is 5.02 Å². The maximum atomic E-state index is 12.0. The molecule has 0 fully saturated rings. The van der Waals surface area contributed by atoms with Crippen LogP contribution in [0.25, 0.3) is 11.3 Å². The number of aromatic amines is 1. The number of halogens is 1. The third-order valence-electron chi connectivity index (χ3n) is 3.19. The summed E-state index contributed by atoms with van der Waals surface area (Å²) in [5, 5.41) is 5.27. The number of nitrogens with one attached hydrogen (secondary N) is 2. The van der Waals surface area contributed by atoms with Crippen LogP contribution in [0.5, 0.6) is 5.75 Å². The molecule has 0 radical (unpaired) electrons. The van der Waals surface area contributed by atoms with Gasteiger partial charge in [-0.1, -0.05) is 23.7 Å². The molecule has 0 aliphatic heterocycles. The standard InChI is InChI=1S/C16H13ClN4O3S/c17-10-3-1-2-4-13(10)24-7-14(22)21-16-20-12(8-25-16)9-5-11(15(18)23)19-6-9/h1-6,8,19H,7H2,(H2,18,23)(H,20,21,22). The van der Waals surface area contributed by atoms with E-state index in [-0.39, 0.29) is 12.5 Å². The van der Waals surface area contributed by atoms with E-state index in [4.69, 9.17) is 22.1 Å². The summed E-state index contributed by atoms with van der Waals surface area (Å²) in [7, 11) is 0. The summed E-state index contributed by atoms with van der Waals surface area (Å²) in [5.74, 6) is -0.468. The highest BCUT2D eigenvalue weighted by atomic mass is 35.5. The van der Waals surface area contributed by atoms with Crippen molar-refractivity contribution in [1.29, 1.82) is 0 Å². The van der Waals surface area contributed by atoms with E-state index in [0.717, 1.165) is 0 Å². The summed E-state index contributed by atoms with van der Waals surface area (Å²) in [6, 6.07) is 8.50. The van der Waals surface area contributed by atoms with Crippen LogP contribution in [0.4, 0.5) is 5.13 Å². The number of ether oxygens (including phenoxy) is 1. The summed E-state index contributed by atoms with van der Waals surface area (Å²) >= 11 is 7.22. The average Bonchev–Trinajstić information content (AvgIpc) is 3.23. The van der Waals surface area contributed by atoms with E-state index >= 15 is 0 Å². The van der Waals surface area contributed by atoms with Gasteiger partial charge in [-0.15, -0.1) is 11.3 Å². The van der Waals surface area contributed by atoms with E-state index in [2.05, 4.69) is 15.3 Å². The molecule has 4 N–H and O–H groups in total. The molecular weight excluding hydrogens is 364 g/mol. The predicted molar refractivity (Wildman–Crippen MR) is 96.0 cm³/mol. The summed E-state index contributed by atoms with van der Waals surface area (Å²) in [4.78, 5) is 30.1. The molecule has 0 saturated carbocycles. The molecule has 2 aromatic heterocycles. The zero-order chi connectivity index (χ0) is 17.8. The Morgan fingerprint density at radius 2 is 2.16 bits per heavy atom. The van der Waals surface area contributed by atoms with Gasteiger partial charge in [-0.2, -0.15) is 0 Å². The molecule has 0 aliphatic rings. The first-order valence-corrected chi connectivity index (χ1v) is 8.40. The topological polar surface area (TPSA) is 110 Å². The number of para-hydroxylation sites is 1. The number of nitrogens with two attached hydrogens (primary N) is 1. The molecule has 0 unspecified atom stereocenters. The largest absolute Gasteiger partial charge is 0.482 e. The fraction of sp³-hybridized carbons (Fsp3) is 0.0625. The van der Waals surface area contributed by atoms with Crippen LogP contribution in [0.1, 0.15) is 10.5 Å². The third-order valence-corrected chi connectivity index (χ3v) is 4.26. The number of amides is 2. The smallest absolute Gasteiger partial charge is 0.265 e. The Morgan fingerprint density at radius 3 is 2.88 bits per heavy atom. The van der Waals surface area contributed by atoms with E-state index in [9.17, 15) is 9.59 Å². The van der Waals surface area contributed by atoms with E-state index in [0.29, 0.717) is 32.9 Å². The van der Waals surface area contributed by atoms with Gasteiger partial charge in [0.1, 0.15) is 11.4 Å². The molecule has 25 heavy (non-hydrogen) atoms. The Kier molecular flexibility index (Phi) is 5.01. The number of benzene rings is 1. The number of nitrogens with zero attached hydrogens (tertiary/aromatic N) is 1. The van der Waals surface area contributed by atoms with Gasteiger partial charge < -0.3 is 15.5 Å². The van der Waals surface area contributed by atoms with Crippen molar-refractivity contribution >= 4 is 39.9 Å². The molecule has 0 saturated heterocycles. The second-order valence-electron chi connectivity index (χ2n) is 4.97. The minimum absolute atomic E-state index is 0.186. The Bertz CT molecular complexity index is 922. The van der Waals surface area contributed by atoms with Gasteiger partial charge in [0.25, 0.3) is 11.8 Å². The van der Waals surface area contributed by atoms with E-state index in [1.807, 2.05) is 0 Å². The molecule has 1 aromatic carbocycles. The normalized spacial score (nSPS) is 10.4. The maximum absolute atomic E-state index is 12.0. The SMILES string of the molecule is NC(=O)c1cc(-c2csc(NC(=O)COc3ccccc3Cl)n2)c[nH]1. The van der Waals surface area contributed by atoms with Gasteiger partial charge in [-0.05, 0) is 18.2 Å². The van der Waals surface area contributed by atoms with Crippen LogP contribution in [0.15, 0.2) is 41.9 Å². The lowest BCUT2D eigenvalue weighted by Crippen LogP contribution is -2.20. The van der Waals surface area contributed by atoms with Crippen molar-refractivity contribution in [2.75, 3.05) is 11.9 Å². The molecule has 3 aromatic rings. The highest BCUT2D eigenvalue weighted by Gasteiger charge is 2.12. The van der Waals surface area contributed by atoms with Gasteiger partial charge in [0.15, 0.2) is 11.7 Å². The second-order valence-corrected chi connectivity index (χ2v) is 6.24. The number of anilines is 1. The van der Waals surface area contributed by atoms with Crippen molar-refractivity contribution in [1.82, 2.24) is 9.97 Å². The van der Waals surface area contributed by atoms with E-state index < -0.39 is 5.91 Å². The van der Waals surface area contributed by atoms with Crippen molar-refractivity contribution in [3.63, 3.8) is 0 Å². The first-order valence-electron chi connectivity index (χ1n) is 7.14. The van der Waals surface area contributed by atoms with Crippen molar-refractivity contribution in [3.05, 3.63) is 52.6 Å². The molecule has 3 rings (SSSR count). The second kappa shape index (κ2) is 7.37. The highest BCUT2D eigenvalue weighted by molar-refractivity contribution is 7.14. The first kappa shape index (κ1) is 17.0. The Labute approximate surface area is 151 Å². The molecule has 0 bridgehead atoms. The molecule has 2 heterocycles. The van der Waals surface area contributed by atoms with Gasteiger partial charge in [0.05, 0.1) is 10.7 Å². The molecule has 7 nitrogen and oxygen atoms in total. The zero-order valence-electron chi connectivity index (χ0n) is 12.8. The molecule has 0 spiro atoms. The van der Waals surface area contributed by atoms with Crippen molar-refractivity contribution in [3.8, 4) is 17.0 Å². The number of aromatic nitrogens is 2. The van der Waals surface area contributed by atoms with Crippen LogP contribution in [-0.4, -0.2) is 28.4 Å².